The molecule has 4 N–H and O–H groups in total. The van der Waals surface area contributed by atoms with Crippen LogP contribution in [0.25, 0.3) is 0 Å². The van der Waals surface area contributed by atoms with Crippen LogP contribution >= 0.6 is 11.6 Å². The van der Waals surface area contributed by atoms with E-state index in [2.05, 4.69) is 16.2 Å². The molecule has 15 nitrogen and oxygen atoms in total. The smallest absolute Gasteiger partial charge is 0.329 e. The summed E-state index contributed by atoms with van der Waals surface area (Å²) in [5.41, 5.74) is 5.80. The fourth-order valence-corrected chi connectivity index (χ4v) is 7.26. The van der Waals surface area contributed by atoms with Crippen LogP contribution in [-0.4, -0.2) is 135 Å². The van der Waals surface area contributed by atoms with Gasteiger partial charge in [-0.1, -0.05) is 48.0 Å². The molecule has 4 aliphatic rings. The number of hydrogen-bond acceptors (Lipinski definition) is 10. The standard InChI is InChI=1S/C33H54ClN7O8/c1-8-19(6)26-33(48)49-27(18(4)5)32(47)41-24(13-20(34)15-35-41)31(46)40-25(14-21(42)16-36-40)29(44)38(7)23(12-17(2)3)30(45)39-11-9-10-22(39)28(43)37-26/h17-27,35-36,42H,8-16H2,1-7H3,(H,37,43)/t19-,20-,21-,22-,23+,24+,25-,26+,27-/m0/s1. The fraction of sp³-hybridized carbons (Fsp3) is 0.818. The maximum absolute atomic E-state index is 14.4. The molecule has 4 rings (SSSR count). The number of nitrogens with one attached hydrogen (secondary N) is 3. The zero-order chi connectivity index (χ0) is 36.3. The first-order valence-corrected chi connectivity index (χ1v) is 18.0. The van der Waals surface area contributed by atoms with E-state index >= 15 is 0 Å². The van der Waals surface area contributed by atoms with Crippen molar-refractivity contribution in [2.45, 2.75) is 128 Å². The highest BCUT2D eigenvalue weighted by atomic mass is 35.5. The van der Waals surface area contributed by atoms with E-state index in [4.69, 9.17) is 16.3 Å². The van der Waals surface area contributed by atoms with Crippen LogP contribution in [-0.2, 0) is 33.5 Å². The number of β-amino-alcohol motifs (C(OH)–C–C–N with tert-alkyl or cyclic N) is 1. The zero-order valence-electron chi connectivity index (χ0n) is 29.7. The summed E-state index contributed by atoms with van der Waals surface area (Å²) in [5, 5.41) is 15.2. The number of esters is 1. The van der Waals surface area contributed by atoms with Crippen molar-refractivity contribution in [1.29, 1.82) is 0 Å². The molecule has 0 aromatic heterocycles. The Kier molecular flexibility index (Phi) is 12.9. The third-order valence-corrected chi connectivity index (χ3v) is 10.4. The van der Waals surface area contributed by atoms with E-state index in [1.807, 2.05) is 20.8 Å². The second kappa shape index (κ2) is 16.3. The average Bonchev–Trinajstić information content (AvgIpc) is 3.56. The quantitative estimate of drug-likeness (QED) is 0.226. The number of aliphatic hydroxyl groups excluding tert-OH is 1. The fourth-order valence-electron chi connectivity index (χ4n) is 7.03. The van der Waals surface area contributed by atoms with Crippen LogP contribution in [0.5, 0.6) is 0 Å². The summed E-state index contributed by atoms with van der Waals surface area (Å²) in [4.78, 5) is 87.7. The van der Waals surface area contributed by atoms with Crippen LogP contribution < -0.4 is 16.2 Å². The van der Waals surface area contributed by atoms with Crippen molar-refractivity contribution in [2.75, 3.05) is 26.7 Å². The molecule has 4 fully saturated rings. The van der Waals surface area contributed by atoms with Crippen LogP contribution in [0.15, 0.2) is 0 Å². The molecule has 16 heteroatoms. The van der Waals surface area contributed by atoms with Crippen molar-refractivity contribution in [3.63, 3.8) is 0 Å². The second-order valence-electron chi connectivity index (χ2n) is 14.7. The number of cyclic esters (lactones) is 1. The first-order valence-electron chi connectivity index (χ1n) is 17.6. The number of aliphatic hydroxyl groups is 1. The maximum Gasteiger partial charge on any atom is 0.329 e. The van der Waals surface area contributed by atoms with E-state index < -0.39 is 89.2 Å². The number of rotatable bonds is 5. The molecule has 0 saturated carbocycles. The average molecular weight is 712 g/mol. The minimum Gasteiger partial charge on any atom is -0.450 e. The molecule has 0 aromatic carbocycles. The van der Waals surface area contributed by atoms with E-state index in [-0.39, 0.29) is 50.7 Å². The van der Waals surface area contributed by atoms with Gasteiger partial charge in [0.15, 0.2) is 6.10 Å². The number of hydrogen-bond donors (Lipinski definition) is 4. The summed E-state index contributed by atoms with van der Waals surface area (Å²) >= 11 is 6.51. The lowest BCUT2D eigenvalue weighted by Crippen LogP contribution is -2.70. The van der Waals surface area contributed by atoms with Gasteiger partial charge in [0.05, 0.1) is 11.5 Å². The van der Waals surface area contributed by atoms with E-state index in [1.165, 1.54) is 16.8 Å². The molecule has 0 spiro atoms. The lowest BCUT2D eigenvalue weighted by atomic mass is 9.96. The highest BCUT2D eigenvalue weighted by Gasteiger charge is 2.49. The van der Waals surface area contributed by atoms with Crippen molar-refractivity contribution in [3.8, 4) is 0 Å². The number of carbonyl (C=O) groups is 6. The number of fused-ring (bicyclic) bond motifs is 3. The van der Waals surface area contributed by atoms with Gasteiger partial charge >= 0.3 is 5.97 Å². The zero-order valence-corrected chi connectivity index (χ0v) is 30.4. The van der Waals surface area contributed by atoms with Gasteiger partial charge in [-0.2, -0.15) is 0 Å². The summed E-state index contributed by atoms with van der Waals surface area (Å²) in [7, 11) is 1.50. The van der Waals surface area contributed by atoms with Crippen molar-refractivity contribution in [1.82, 2.24) is 36.0 Å². The highest BCUT2D eigenvalue weighted by Crippen LogP contribution is 2.28. The lowest BCUT2D eigenvalue weighted by molar-refractivity contribution is -0.175. The predicted octanol–water partition coefficient (Wildman–Crippen LogP) is 0.142. The number of hydrazine groups is 2. The van der Waals surface area contributed by atoms with Gasteiger partial charge in [-0.3, -0.25) is 34.0 Å². The molecule has 4 saturated heterocycles. The first kappa shape index (κ1) is 38.8. The van der Waals surface area contributed by atoms with Gasteiger partial charge < -0.3 is 25.0 Å². The molecule has 0 bridgehead atoms. The van der Waals surface area contributed by atoms with Crippen molar-refractivity contribution >= 4 is 47.1 Å². The van der Waals surface area contributed by atoms with Crippen molar-refractivity contribution < 1.29 is 38.6 Å². The minimum atomic E-state index is -1.33. The lowest BCUT2D eigenvalue weighted by Gasteiger charge is -2.45. The second-order valence-corrected chi connectivity index (χ2v) is 15.3. The molecular weight excluding hydrogens is 658 g/mol. The monoisotopic (exact) mass is 711 g/mol. The number of likely N-dealkylation sites (N-methyl/N-ethyl adjacent to an activating group) is 1. The summed E-state index contributed by atoms with van der Waals surface area (Å²) in [5.74, 6) is -4.52. The van der Waals surface area contributed by atoms with E-state index in [0.717, 1.165) is 10.0 Å². The van der Waals surface area contributed by atoms with Gasteiger partial charge in [0.2, 0.25) is 17.7 Å². The topological polar surface area (TPSA) is 181 Å². The third-order valence-electron chi connectivity index (χ3n) is 10.1. The highest BCUT2D eigenvalue weighted by molar-refractivity contribution is 6.21. The van der Waals surface area contributed by atoms with E-state index in [9.17, 15) is 33.9 Å². The minimum absolute atomic E-state index is 0.0169. The Morgan fingerprint density at radius 1 is 0.878 bits per heavy atom. The van der Waals surface area contributed by atoms with Crippen molar-refractivity contribution in [2.24, 2.45) is 17.8 Å². The number of nitrogens with zero attached hydrogens (tertiary/aromatic N) is 4. The van der Waals surface area contributed by atoms with Gasteiger partial charge in [0, 0.05) is 33.1 Å². The Hall–Kier alpha value is -3.01. The molecule has 0 radical (unpaired) electrons. The Morgan fingerprint density at radius 3 is 2.14 bits per heavy atom. The number of ether oxygens (including phenoxy) is 1. The number of carbonyl (C=O) groups excluding carboxylic acids is 6. The first-order chi connectivity index (χ1) is 23.1. The Labute approximate surface area is 293 Å². The normalized spacial score (nSPS) is 33.5. The molecule has 0 unspecified atom stereocenters. The van der Waals surface area contributed by atoms with Crippen LogP contribution in [0.2, 0.25) is 0 Å². The summed E-state index contributed by atoms with van der Waals surface area (Å²) in [6, 6.07) is -5.39. The Morgan fingerprint density at radius 2 is 1.51 bits per heavy atom. The van der Waals surface area contributed by atoms with Gasteiger partial charge in [-0.15, -0.1) is 11.6 Å². The molecule has 5 amide bonds. The largest absolute Gasteiger partial charge is 0.450 e. The van der Waals surface area contributed by atoms with Gasteiger partial charge in [-0.25, -0.2) is 15.6 Å². The number of amides is 5. The number of halogens is 1. The Balaban J connectivity index is 1.83. The van der Waals surface area contributed by atoms with Gasteiger partial charge in [0.1, 0.15) is 30.2 Å². The molecule has 0 aliphatic carbocycles. The molecule has 9 atom stereocenters. The SMILES string of the molecule is CC[C@H](C)[C@H]1NC(=O)[C@@H]2CCCN2C(=O)[C@@H](CC(C)C)N(C)C(=O)[C@@H]2C[C@H](O)CNN2C(=O)[C@H]2C[C@H](Cl)CNN2C(=O)[C@H](C(C)C)OC1=O. The molecule has 4 heterocycles. The maximum atomic E-state index is 14.4. The molecule has 49 heavy (non-hydrogen) atoms. The van der Waals surface area contributed by atoms with Gasteiger partial charge in [-0.05, 0) is 43.4 Å². The third kappa shape index (κ3) is 8.49. The summed E-state index contributed by atoms with van der Waals surface area (Å²) < 4.78 is 5.88. The molecule has 0 aromatic rings. The summed E-state index contributed by atoms with van der Waals surface area (Å²) in [6.07, 6.45) is -0.672. The van der Waals surface area contributed by atoms with Gasteiger partial charge in [0.25, 0.3) is 11.8 Å². The van der Waals surface area contributed by atoms with Crippen LogP contribution in [0.1, 0.15) is 80.1 Å². The van der Waals surface area contributed by atoms with Crippen LogP contribution in [0.3, 0.4) is 0 Å². The van der Waals surface area contributed by atoms with Crippen LogP contribution in [0.4, 0.5) is 0 Å². The molecule has 276 valence electrons. The molecule has 4 aliphatic heterocycles. The van der Waals surface area contributed by atoms with E-state index in [1.54, 1.807) is 20.8 Å². The number of alkyl halides is 1. The Bertz CT molecular complexity index is 1270. The van der Waals surface area contributed by atoms with E-state index in [0.29, 0.717) is 19.3 Å². The van der Waals surface area contributed by atoms with Crippen molar-refractivity contribution in [3.05, 3.63) is 0 Å². The summed E-state index contributed by atoms with van der Waals surface area (Å²) in [6.45, 7) is 11.3. The molecular formula is C33H54ClN7O8. The predicted molar refractivity (Wildman–Crippen MR) is 179 cm³/mol. The van der Waals surface area contributed by atoms with Crippen LogP contribution in [0, 0.1) is 17.8 Å².